The van der Waals surface area contributed by atoms with Crippen molar-refractivity contribution in [2.45, 2.75) is 32.4 Å². The zero-order valence-corrected chi connectivity index (χ0v) is 19.1. The second-order valence-corrected chi connectivity index (χ2v) is 8.31. The van der Waals surface area contributed by atoms with E-state index in [4.69, 9.17) is 0 Å². The summed E-state index contributed by atoms with van der Waals surface area (Å²) in [5.74, 6) is 0. The Kier molecular flexibility index (Phi) is 7.55. The Morgan fingerprint density at radius 3 is 2.11 bits per heavy atom. The normalized spacial score (nSPS) is 11.3. The maximum atomic E-state index is 13.2. The molecule has 0 saturated carbocycles. The molecule has 4 rings (SSSR count). The summed E-state index contributed by atoms with van der Waals surface area (Å²) in [6.07, 6.45) is -2.57. The molecule has 1 N–H and O–H groups in total. The molecule has 3 aromatic carbocycles. The Balaban J connectivity index is 1.51. The van der Waals surface area contributed by atoms with Crippen molar-refractivity contribution >= 4 is 6.03 Å². The van der Waals surface area contributed by atoms with E-state index < -0.39 is 11.7 Å². The van der Waals surface area contributed by atoms with Crippen LogP contribution in [0.5, 0.6) is 0 Å². The molecule has 1 heterocycles. The summed E-state index contributed by atoms with van der Waals surface area (Å²) in [4.78, 5) is 14.9. The lowest BCUT2D eigenvalue weighted by Gasteiger charge is -2.24. The predicted octanol–water partition coefficient (Wildman–Crippen LogP) is 6.47. The van der Waals surface area contributed by atoms with Gasteiger partial charge in [0.15, 0.2) is 0 Å². The summed E-state index contributed by atoms with van der Waals surface area (Å²) >= 11 is 0. The number of halogens is 3. The number of benzene rings is 3. The molecule has 7 heteroatoms. The zero-order chi connectivity index (χ0) is 24.7. The Morgan fingerprint density at radius 1 is 0.771 bits per heavy atom. The first-order valence-electron chi connectivity index (χ1n) is 11.3. The summed E-state index contributed by atoms with van der Waals surface area (Å²) in [5, 5.41) is 2.98. The molecule has 0 aliphatic heterocycles. The number of urea groups is 1. The standard InChI is InChI=1S/C28H26F3N3O/c29-28(30,31)25-14-7-13-24(17-25)20-33-16-8-15-26(33)21-34(19-23-11-5-2-6-12-23)27(35)32-18-22-9-3-1-4-10-22/h1-17H,18-21H2,(H,32,35). The van der Waals surface area contributed by atoms with E-state index in [0.29, 0.717) is 25.2 Å². The molecule has 4 nitrogen and oxygen atoms in total. The Morgan fingerprint density at radius 2 is 1.43 bits per heavy atom. The minimum absolute atomic E-state index is 0.218. The van der Waals surface area contributed by atoms with E-state index in [9.17, 15) is 18.0 Å². The first kappa shape index (κ1) is 24.1. The highest BCUT2D eigenvalue weighted by Gasteiger charge is 2.30. The molecule has 0 radical (unpaired) electrons. The van der Waals surface area contributed by atoms with Gasteiger partial charge in [0.05, 0.1) is 12.1 Å². The van der Waals surface area contributed by atoms with Crippen molar-refractivity contribution in [2.24, 2.45) is 0 Å². The van der Waals surface area contributed by atoms with Gasteiger partial charge in [-0.15, -0.1) is 0 Å². The van der Waals surface area contributed by atoms with Gasteiger partial charge < -0.3 is 14.8 Å². The van der Waals surface area contributed by atoms with Crippen molar-refractivity contribution < 1.29 is 18.0 Å². The van der Waals surface area contributed by atoms with Crippen LogP contribution in [0.1, 0.15) is 27.9 Å². The summed E-state index contributed by atoms with van der Waals surface area (Å²) < 4.78 is 41.3. The Bertz CT molecular complexity index is 1240. The van der Waals surface area contributed by atoms with Crippen molar-refractivity contribution in [1.82, 2.24) is 14.8 Å². The number of hydrogen-bond donors (Lipinski definition) is 1. The number of nitrogens with one attached hydrogen (secondary N) is 1. The van der Waals surface area contributed by atoms with Crippen molar-refractivity contribution in [3.8, 4) is 0 Å². The fourth-order valence-electron chi connectivity index (χ4n) is 3.87. The van der Waals surface area contributed by atoms with Crippen molar-refractivity contribution in [3.63, 3.8) is 0 Å². The molecule has 0 saturated heterocycles. The van der Waals surface area contributed by atoms with Gasteiger partial charge in [0, 0.05) is 31.5 Å². The summed E-state index contributed by atoms with van der Waals surface area (Å²) in [6.45, 7) is 1.38. The largest absolute Gasteiger partial charge is 0.416 e. The maximum absolute atomic E-state index is 13.2. The number of alkyl halides is 3. The molecule has 180 valence electrons. The van der Waals surface area contributed by atoms with Gasteiger partial charge in [-0.25, -0.2) is 4.79 Å². The third-order valence-electron chi connectivity index (χ3n) is 5.67. The van der Waals surface area contributed by atoms with E-state index in [1.54, 1.807) is 11.0 Å². The van der Waals surface area contributed by atoms with Gasteiger partial charge in [-0.3, -0.25) is 0 Å². The van der Waals surface area contributed by atoms with E-state index in [2.05, 4.69) is 5.32 Å². The van der Waals surface area contributed by atoms with Crippen LogP contribution in [-0.4, -0.2) is 15.5 Å². The number of amides is 2. The van der Waals surface area contributed by atoms with Crippen molar-refractivity contribution in [2.75, 3.05) is 0 Å². The molecule has 0 aliphatic carbocycles. The van der Waals surface area contributed by atoms with Crippen molar-refractivity contribution in [3.05, 3.63) is 131 Å². The summed E-state index contributed by atoms with van der Waals surface area (Å²) in [5.41, 5.74) is 2.68. The third kappa shape index (κ3) is 6.76. The number of carbonyl (C=O) groups is 1. The average molecular weight is 478 g/mol. The number of rotatable bonds is 8. The first-order chi connectivity index (χ1) is 16.9. The van der Waals surface area contributed by atoms with Crippen LogP contribution in [0.15, 0.2) is 103 Å². The molecular weight excluding hydrogens is 451 g/mol. The van der Waals surface area contributed by atoms with Crippen LogP contribution in [0.25, 0.3) is 0 Å². The lowest BCUT2D eigenvalue weighted by Crippen LogP contribution is -2.39. The van der Waals surface area contributed by atoms with Crippen LogP contribution < -0.4 is 5.32 Å². The SMILES string of the molecule is O=C(NCc1ccccc1)N(Cc1ccccc1)Cc1cccn1Cc1cccc(C(F)(F)F)c1. The maximum Gasteiger partial charge on any atom is 0.416 e. The highest BCUT2D eigenvalue weighted by molar-refractivity contribution is 5.74. The smallest absolute Gasteiger partial charge is 0.345 e. The van der Waals surface area contributed by atoms with E-state index in [-0.39, 0.29) is 12.6 Å². The Hall–Kier alpha value is -4.00. The van der Waals surface area contributed by atoms with E-state index in [1.165, 1.54) is 6.07 Å². The molecule has 0 aliphatic rings. The zero-order valence-electron chi connectivity index (χ0n) is 19.1. The second-order valence-electron chi connectivity index (χ2n) is 8.31. The van der Waals surface area contributed by atoms with Gasteiger partial charge >= 0.3 is 12.2 Å². The van der Waals surface area contributed by atoms with Crippen LogP contribution in [0.2, 0.25) is 0 Å². The fraction of sp³-hybridized carbons (Fsp3) is 0.179. The molecule has 0 atom stereocenters. The number of hydrogen-bond acceptors (Lipinski definition) is 1. The molecule has 0 bridgehead atoms. The molecule has 2 amide bonds. The number of carbonyl (C=O) groups excluding carboxylic acids is 1. The average Bonchev–Trinajstić information content (AvgIpc) is 3.29. The Labute approximate surface area is 202 Å². The van der Waals surface area contributed by atoms with Crippen LogP contribution in [0.3, 0.4) is 0 Å². The topological polar surface area (TPSA) is 37.3 Å². The molecule has 0 unspecified atom stereocenters. The molecule has 4 aromatic rings. The number of nitrogens with zero attached hydrogens (tertiary/aromatic N) is 2. The lowest BCUT2D eigenvalue weighted by atomic mass is 10.1. The second kappa shape index (κ2) is 11.0. The van der Waals surface area contributed by atoms with Gasteiger partial charge in [-0.2, -0.15) is 13.2 Å². The van der Waals surface area contributed by atoms with Gasteiger partial charge in [-0.05, 0) is 41.0 Å². The monoisotopic (exact) mass is 477 g/mol. The molecule has 0 fully saturated rings. The summed E-state index contributed by atoms with van der Waals surface area (Å²) in [6, 6.07) is 28.2. The van der Waals surface area contributed by atoms with Gasteiger partial charge in [-0.1, -0.05) is 72.8 Å². The van der Waals surface area contributed by atoms with E-state index >= 15 is 0 Å². The van der Waals surface area contributed by atoms with E-state index in [1.807, 2.05) is 83.6 Å². The minimum Gasteiger partial charge on any atom is -0.345 e. The fourth-order valence-corrected chi connectivity index (χ4v) is 3.87. The molecule has 35 heavy (non-hydrogen) atoms. The van der Waals surface area contributed by atoms with Gasteiger partial charge in [0.1, 0.15) is 0 Å². The number of aromatic nitrogens is 1. The molecular formula is C28H26F3N3O. The van der Waals surface area contributed by atoms with Crippen LogP contribution in [0.4, 0.5) is 18.0 Å². The lowest BCUT2D eigenvalue weighted by molar-refractivity contribution is -0.137. The van der Waals surface area contributed by atoms with Crippen molar-refractivity contribution in [1.29, 1.82) is 0 Å². The van der Waals surface area contributed by atoms with Crippen LogP contribution >= 0.6 is 0 Å². The highest BCUT2D eigenvalue weighted by Crippen LogP contribution is 2.29. The molecule has 0 spiro atoms. The van der Waals surface area contributed by atoms with Gasteiger partial charge in [0.2, 0.25) is 0 Å². The predicted molar refractivity (Wildman–Crippen MR) is 129 cm³/mol. The van der Waals surface area contributed by atoms with E-state index in [0.717, 1.165) is 29.0 Å². The van der Waals surface area contributed by atoms with Crippen LogP contribution in [0, 0.1) is 0 Å². The van der Waals surface area contributed by atoms with Crippen LogP contribution in [-0.2, 0) is 32.4 Å². The third-order valence-corrected chi connectivity index (χ3v) is 5.67. The van der Waals surface area contributed by atoms with Gasteiger partial charge in [0.25, 0.3) is 0 Å². The highest BCUT2D eigenvalue weighted by atomic mass is 19.4. The summed E-state index contributed by atoms with van der Waals surface area (Å²) in [7, 11) is 0. The molecule has 1 aromatic heterocycles. The quantitative estimate of drug-likeness (QED) is 0.310. The minimum atomic E-state index is -4.39. The first-order valence-corrected chi connectivity index (χ1v) is 11.3.